The number of rotatable bonds is 8. The van der Waals surface area contributed by atoms with Crippen molar-refractivity contribution in [3.8, 4) is 35.3 Å². The van der Waals surface area contributed by atoms with Gasteiger partial charge >= 0.3 is 0 Å². The molecule has 0 saturated carbocycles. The highest BCUT2D eigenvalue weighted by Crippen LogP contribution is 2.32. The molecule has 6 heteroatoms. The third-order valence-electron chi connectivity index (χ3n) is 4.16. The molecule has 0 radical (unpaired) electrons. The molecule has 1 aromatic carbocycles. The number of pyridine rings is 1. The molecule has 0 aliphatic rings. The summed E-state index contributed by atoms with van der Waals surface area (Å²) < 4.78 is 16.3. The zero-order chi connectivity index (χ0) is 19.9. The highest BCUT2D eigenvalue weighted by molar-refractivity contribution is 5.95. The topological polar surface area (TPSA) is 74.5 Å². The van der Waals surface area contributed by atoms with Crippen molar-refractivity contribution >= 4 is 5.78 Å². The van der Waals surface area contributed by atoms with E-state index in [1.165, 1.54) is 0 Å². The summed E-state index contributed by atoms with van der Waals surface area (Å²) in [6, 6.07) is 9.02. The average Bonchev–Trinajstić information content (AvgIpc) is 3.19. The Labute approximate surface area is 163 Å². The van der Waals surface area contributed by atoms with Gasteiger partial charge in [-0.1, -0.05) is 12.0 Å². The number of carbonyl (C=O) groups excluding carboxylic acids is 1. The number of ketones is 1. The van der Waals surface area contributed by atoms with Crippen LogP contribution in [0, 0.1) is 19.3 Å². The molecular weight excluding hydrogens is 356 g/mol. The molecule has 3 rings (SSSR count). The fourth-order valence-electron chi connectivity index (χ4n) is 2.73. The number of nitrogens with zero attached hydrogens (tertiary/aromatic N) is 2. The molecule has 0 unspecified atom stereocenters. The van der Waals surface area contributed by atoms with Gasteiger partial charge in [0.2, 0.25) is 5.89 Å². The van der Waals surface area contributed by atoms with E-state index in [9.17, 15) is 4.79 Å². The number of carbonyl (C=O) groups is 1. The van der Waals surface area contributed by atoms with E-state index in [1.807, 2.05) is 25.1 Å². The normalized spacial score (nSPS) is 10.3. The van der Waals surface area contributed by atoms with E-state index >= 15 is 0 Å². The first kappa shape index (κ1) is 19.2. The first-order chi connectivity index (χ1) is 13.6. The molecule has 0 atom stereocenters. The zero-order valence-corrected chi connectivity index (χ0v) is 15.8. The lowest BCUT2D eigenvalue weighted by Gasteiger charge is -2.09. The molecule has 0 fully saturated rings. The van der Waals surface area contributed by atoms with E-state index in [2.05, 4.69) is 15.9 Å². The van der Waals surface area contributed by atoms with Crippen molar-refractivity contribution in [2.75, 3.05) is 13.7 Å². The van der Waals surface area contributed by atoms with Gasteiger partial charge in [0.1, 0.15) is 18.6 Å². The van der Waals surface area contributed by atoms with Gasteiger partial charge in [-0.05, 0) is 36.8 Å². The third-order valence-corrected chi connectivity index (χ3v) is 4.16. The molecule has 6 nitrogen and oxygen atoms in total. The molecular formula is C22H20N2O4. The SMILES string of the molecule is C#CCOc1cc(-c2nc(CCC(=O)c3ncccc3C)co2)ccc1OC. The molecule has 142 valence electrons. The van der Waals surface area contributed by atoms with E-state index in [0.717, 1.165) is 11.1 Å². The Kier molecular flexibility index (Phi) is 6.07. The second kappa shape index (κ2) is 8.87. The summed E-state index contributed by atoms with van der Waals surface area (Å²) in [5.41, 5.74) is 2.78. The Morgan fingerprint density at radius 3 is 2.89 bits per heavy atom. The van der Waals surface area contributed by atoms with Crippen LogP contribution in [0.5, 0.6) is 11.5 Å². The molecule has 0 aliphatic carbocycles. The fraction of sp³-hybridized carbons (Fsp3) is 0.227. The third kappa shape index (κ3) is 4.38. The summed E-state index contributed by atoms with van der Waals surface area (Å²) in [6.45, 7) is 2.00. The second-order valence-electron chi connectivity index (χ2n) is 6.09. The van der Waals surface area contributed by atoms with E-state index in [0.29, 0.717) is 41.6 Å². The Hall–Kier alpha value is -3.59. The predicted octanol–water partition coefficient (Wildman–Crippen LogP) is 3.88. The Balaban J connectivity index is 1.71. The van der Waals surface area contributed by atoms with E-state index < -0.39 is 0 Å². The average molecular weight is 376 g/mol. The highest BCUT2D eigenvalue weighted by atomic mass is 16.5. The van der Waals surface area contributed by atoms with Gasteiger partial charge in [0.25, 0.3) is 0 Å². The van der Waals surface area contributed by atoms with Crippen LogP contribution in [0.2, 0.25) is 0 Å². The number of aryl methyl sites for hydroxylation is 2. The van der Waals surface area contributed by atoms with E-state index in [4.69, 9.17) is 20.3 Å². The molecule has 0 spiro atoms. The van der Waals surface area contributed by atoms with Gasteiger partial charge in [-0.3, -0.25) is 9.78 Å². The largest absolute Gasteiger partial charge is 0.493 e. The molecule has 2 heterocycles. The van der Waals surface area contributed by atoms with E-state index in [1.54, 1.807) is 31.7 Å². The van der Waals surface area contributed by atoms with Crippen LogP contribution < -0.4 is 9.47 Å². The summed E-state index contributed by atoms with van der Waals surface area (Å²) in [7, 11) is 1.56. The molecule has 3 aromatic rings. The Morgan fingerprint density at radius 2 is 2.14 bits per heavy atom. The number of terminal acetylenes is 1. The molecule has 0 N–H and O–H groups in total. The minimum atomic E-state index is -0.0166. The van der Waals surface area contributed by atoms with Crippen LogP contribution >= 0.6 is 0 Å². The number of oxazole rings is 1. The maximum atomic E-state index is 12.4. The highest BCUT2D eigenvalue weighted by Gasteiger charge is 2.14. The number of methoxy groups -OCH3 is 1. The number of ether oxygens (including phenoxy) is 2. The van der Waals surface area contributed by atoms with E-state index in [-0.39, 0.29) is 12.4 Å². The zero-order valence-electron chi connectivity index (χ0n) is 15.8. The lowest BCUT2D eigenvalue weighted by molar-refractivity contribution is 0.0977. The molecule has 0 saturated heterocycles. The number of benzene rings is 1. The van der Waals surface area contributed by atoms with Crippen molar-refractivity contribution < 1.29 is 18.7 Å². The molecule has 0 bridgehead atoms. The number of hydrogen-bond acceptors (Lipinski definition) is 6. The second-order valence-corrected chi connectivity index (χ2v) is 6.09. The summed E-state index contributed by atoms with van der Waals surface area (Å²) in [5, 5.41) is 0. The van der Waals surface area contributed by atoms with Gasteiger partial charge in [0, 0.05) is 24.6 Å². The van der Waals surface area contributed by atoms with Crippen molar-refractivity contribution in [1.29, 1.82) is 0 Å². The maximum Gasteiger partial charge on any atom is 0.226 e. The predicted molar refractivity (Wildman–Crippen MR) is 104 cm³/mol. The van der Waals surface area contributed by atoms with Crippen LogP contribution in [0.3, 0.4) is 0 Å². The lowest BCUT2D eigenvalue weighted by Crippen LogP contribution is -2.06. The van der Waals surface area contributed by atoms with Gasteiger partial charge in [-0.25, -0.2) is 4.98 Å². The Morgan fingerprint density at radius 1 is 1.29 bits per heavy atom. The van der Waals surface area contributed by atoms with Crippen molar-refractivity contribution in [2.24, 2.45) is 0 Å². The van der Waals surface area contributed by atoms with Gasteiger partial charge in [-0.2, -0.15) is 0 Å². The van der Waals surface area contributed by atoms with Crippen molar-refractivity contribution in [3.05, 3.63) is 59.7 Å². The standard InChI is InChI=1S/C22H20N2O4/c1-4-12-27-20-13-16(7-10-19(20)26-3)22-24-17(14-28-22)8-9-18(25)21-15(2)6-5-11-23-21/h1,5-7,10-11,13-14H,8-9,12H2,2-3H3. The summed E-state index contributed by atoms with van der Waals surface area (Å²) >= 11 is 0. The van der Waals surface area contributed by atoms with Gasteiger partial charge in [-0.15, -0.1) is 6.42 Å². The molecule has 0 amide bonds. The summed E-state index contributed by atoms with van der Waals surface area (Å²) in [4.78, 5) is 21.0. The van der Waals surface area contributed by atoms with Crippen LogP contribution in [-0.2, 0) is 6.42 Å². The number of aromatic nitrogens is 2. The van der Waals surface area contributed by atoms with Gasteiger partial charge in [0.05, 0.1) is 12.8 Å². The number of hydrogen-bond donors (Lipinski definition) is 0. The maximum absolute atomic E-state index is 12.4. The smallest absolute Gasteiger partial charge is 0.226 e. The fourth-order valence-corrected chi connectivity index (χ4v) is 2.73. The van der Waals surface area contributed by atoms with Crippen LogP contribution in [0.4, 0.5) is 0 Å². The monoisotopic (exact) mass is 376 g/mol. The van der Waals surface area contributed by atoms with Crippen LogP contribution in [0.1, 0.15) is 28.2 Å². The van der Waals surface area contributed by atoms with Crippen LogP contribution in [-0.4, -0.2) is 29.5 Å². The summed E-state index contributed by atoms with van der Waals surface area (Å²) in [6.07, 6.45) is 9.21. The van der Waals surface area contributed by atoms with Gasteiger partial charge < -0.3 is 13.9 Å². The molecule has 28 heavy (non-hydrogen) atoms. The van der Waals surface area contributed by atoms with Gasteiger partial charge in [0.15, 0.2) is 17.3 Å². The summed E-state index contributed by atoms with van der Waals surface area (Å²) in [5.74, 6) is 3.92. The van der Waals surface area contributed by atoms with Crippen LogP contribution in [0.15, 0.2) is 47.2 Å². The first-order valence-corrected chi connectivity index (χ1v) is 8.76. The molecule has 2 aromatic heterocycles. The molecule has 0 aliphatic heterocycles. The van der Waals surface area contributed by atoms with Crippen molar-refractivity contribution in [2.45, 2.75) is 19.8 Å². The van der Waals surface area contributed by atoms with Crippen LogP contribution in [0.25, 0.3) is 11.5 Å². The number of Topliss-reactive ketones (excluding diaryl/α,β-unsaturated/α-hetero) is 1. The quantitative estimate of drug-likeness (QED) is 0.439. The van der Waals surface area contributed by atoms with Crippen molar-refractivity contribution in [1.82, 2.24) is 9.97 Å². The Bertz CT molecular complexity index is 1020. The first-order valence-electron chi connectivity index (χ1n) is 8.76. The minimum absolute atomic E-state index is 0.0166. The lowest BCUT2D eigenvalue weighted by atomic mass is 10.1. The minimum Gasteiger partial charge on any atom is -0.493 e. The van der Waals surface area contributed by atoms with Crippen molar-refractivity contribution in [3.63, 3.8) is 0 Å².